The van der Waals surface area contributed by atoms with E-state index in [9.17, 15) is 4.39 Å². The third-order valence-electron chi connectivity index (χ3n) is 2.82. The predicted molar refractivity (Wildman–Crippen MR) is 85.7 cm³/mol. The van der Waals surface area contributed by atoms with Gasteiger partial charge in [-0.1, -0.05) is 45.7 Å². The minimum Gasteiger partial charge on any atom is -0.236 e. The molecule has 20 heavy (non-hydrogen) atoms. The zero-order valence-electron chi connectivity index (χ0n) is 10.1. The van der Waals surface area contributed by atoms with Gasteiger partial charge in [-0.2, -0.15) is 0 Å². The number of benzene rings is 2. The lowest BCUT2D eigenvalue weighted by Gasteiger charge is -2.00. The van der Waals surface area contributed by atoms with Crippen LogP contribution in [0.2, 0.25) is 5.02 Å². The first-order valence-corrected chi connectivity index (χ1v) is 7.86. The lowest BCUT2D eigenvalue weighted by Crippen LogP contribution is -1.82. The van der Waals surface area contributed by atoms with E-state index >= 15 is 0 Å². The maximum Gasteiger partial charge on any atom is 0.141 e. The third kappa shape index (κ3) is 2.64. The Morgan fingerprint density at radius 3 is 2.70 bits per heavy atom. The summed E-state index contributed by atoms with van der Waals surface area (Å²) in [6.07, 6.45) is 0. The van der Waals surface area contributed by atoms with Gasteiger partial charge in [0.2, 0.25) is 0 Å². The summed E-state index contributed by atoms with van der Waals surface area (Å²) >= 11 is 10.9. The topological polar surface area (TPSA) is 12.9 Å². The maximum atomic E-state index is 13.2. The molecule has 0 saturated carbocycles. The van der Waals surface area contributed by atoms with Crippen LogP contribution in [0.3, 0.4) is 0 Å². The number of hydrogen-bond donors (Lipinski definition) is 0. The Morgan fingerprint density at radius 1 is 1.15 bits per heavy atom. The van der Waals surface area contributed by atoms with Crippen molar-refractivity contribution in [1.29, 1.82) is 0 Å². The summed E-state index contributed by atoms with van der Waals surface area (Å²) in [6.45, 7) is 0. The van der Waals surface area contributed by atoms with Crippen molar-refractivity contribution in [3.8, 4) is 21.8 Å². The molecule has 0 saturated heterocycles. The van der Waals surface area contributed by atoms with Gasteiger partial charge in [0.1, 0.15) is 10.8 Å². The van der Waals surface area contributed by atoms with E-state index in [1.807, 2.05) is 29.6 Å². The zero-order valence-corrected chi connectivity index (χ0v) is 13.3. The lowest BCUT2D eigenvalue weighted by molar-refractivity contribution is 0.628. The molecule has 0 fully saturated rings. The second-order valence-corrected chi connectivity index (χ2v) is 6.27. The minimum atomic E-state index is -0.420. The van der Waals surface area contributed by atoms with E-state index in [0.29, 0.717) is 0 Å². The van der Waals surface area contributed by atoms with Crippen molar-refractivity contribution in [3.05, 3.63) is 63.2 Å². The highest BCUT2D eigenvalue weighted by Crippen LogP contribution is 2.33. The van der Waals surface area contributed by atoms with Crippen molar-refractivity contribution >= 4 is 38.9 Å². The van der Waals surface area contributed by atoms with E-state index in [-0.39, 0.29) is 5.02 Å². The van der Waals surface area contributed by atoms with Crippen molar-refractivity contribution in [2.24, 2.45) is 0 Å². The van der Waals surface area contributed by atoms with Crippen LogP contribution in [0.5, 0.6) is 0 Å². The van der Waals surface area contributed by atoms with Gasteiger partial charge in [-0.15, -0.1) is 11.3 Å². The average Bonchev–Trinajstić information content (AvgIpc) is 2.92. The molecule has 0 amide bonds. The maximum absolute atomic E-state index is 13.2. The van der Waals surface area contributed by atoms with Gasteiger partial charge in [0.15, 0.2) is 0 Å². The Hall–Kier alpha value is -1.23. The van der Waals surface area contributed by atoms with Crippen LogP contribution in [0.4, 0.5) is 4.39 Å². The van der Waals surface area contributed by atoms with Gasteiger partial charge in [0.05, 0.1) is 10.7 Å². The van der Waals surface area contributed by atoms with E-state index in [0.717, 1.165) is 26.3 Å². The van der Waals surface area contributed by atoms with Crippen molar-refractivity contribution in [1.82, 2.24) is 4.98 Å². The first-order valence-electron chi connectivity index (χ1n) is 5.81. The zero-order chi connectivity index (χ0) is 14.1. The summed E-state index contributed by atoms with van der Waals surface area (Å²) in [6, 6.07) is 12.5. The largest absolute Gasteiger partial charge is 0.236 e. The number of nitrogens with zero attached hydrogens (tertiary/aromatic N) is 1. The number of aromatic nitrogens is 1. The first-order chi connectivity index (χ1) is 9.65. The Morgan fingerprint density at radius 2 is 1.95 bits per heavy atom. The van der Waals surface area contributed by atoms with Crippen LogP contribution in [-0.2, 0) is 0 Å². The van der Waals surface area contributed by atoms with Gasteiger partial charge < -0.3 is 0 Å². The molecule has 0 aliphatic heterocycles. The second-order valence-electron chi connectivity index (χ2n) is 4.15. The van der Waals surface area contributed by atoms with Crippen LogP contribution in [0.25, 0.3) is 21.8 Å². The summed E-state index contributed by atoms with van der Waals surface area (Å²) in [4.78, 5) is 4.59. The first kappa shape index (κ1) is 13.7. The van der Waals surface area contributed by atoms with E-state index < -0.39 is 5.82 Å². The molecule has 0 bridgehead atoms. The standard InChI is InChI=1S/C15H8BrClFNS/c16-11-4-2-1-3-10(11)15-19-14(8-20-15)9-5-6-13(18)12(17)7-9/h1-8H. The molecule has 0 aliphatic rings. The Balaban J connectivity index is 2.02. The number of halogens is 3. The highest BCUT2D eigenvalue weighted by molar-refractivity contribution is 9.10. The molecule has 0 N–H and O–H groups in total. The van der Waals surface area contributed by atoms with Crippen LogP contribution in [-0.4, -0.2) is 4.98 Å². The summed E-state index contributed by atoms with van der Waals surface area (Å²) < 4.78 is 14.2. The van der Waals surface area contributed by atoms with Crippen LogP contribution in [0.15, 0.2) is 52.3 Å². The molecule has 1 heterocycles. The lowest BCUT2D eigenvalue weighted by atomic mass is 10.2. The molecule has 1 nitrogen and oxygen atoms in total. The quantitative estimate of drug-likeness (QED) is 0.538. The monoisotopic (exact) mass is 367 g/mol. The fourth-order valence-electron chi connectivity index (χ4n) is 1.82. The third-order valence-corrected chi connectivity index (χ3v) is 4.68. The predicted octanol–water partition coefficient (Wildman–Crippen LogP) is 6.03. The molecule has 0 aliphatic carbocycles. The van der Waals surface area contributed by atoms with Gasteiger partial charge in [0.25, 0.3) is 0 Å². The minimum absolute atomic E-state index is 0.109. The summed E-state index contributed by atoms with van der Waals surface area (Å²) in [5.41, 5.74) is 2.64. The molecule has 0 atom stereocenters. The van der Waals surface area contributed by atoms with E-state index in [4.69, 9.17) is 11.6 Å². The fourth-order valence-corrected chi connectivity index (χ4v) is 3.47. The van der Waals surface area contributed by atoms with E-state index in [1.54, 1.807) is 23.5 Å². The van der Waals surface area contributed by atoms with Crippen molar-refractivity contribution in [2.75, 3.05) is 0 Å². The number of thiazole rings is 1. The van der Waals surface area contributed by atoms with Gasteiger partial charge in [-0.3, -0.25) is 0 Å². The molecular formula is C15H8BrClFNS. The SMILES string of the molecule is Fc1ccc(-c2csc(-c3ccccc3Br)n2)cc1Cl. The average molecular weight is 369 g/mol. The van der Waals surface area contributed by atoms with Crippen LogP contribution < -0.4 is 0 Å². The molecule has 0 unspecified atom stereocenters. The van der Waals surface area contributed by atoms with Crippen molar-refractivity contribution < 1.29 is 4.39 Å². The van der Waals surface area contributed by atoms with E-state index in [1.165, 1.54) is 6.07 Å². The van der Waals surface area contributed by atoms with Crippen LogP contribution in [0.1, 0.15) is 0 Å². The van der Waals surface area contributed by atoms with E-state index in [2.05, 4.69) is 20.9 Å². The van der Waals surface area contributed by atoms with Gasteiger partial charge in [-0.05, 0) is 24.3 Å². The Labute approximate surface area is 133 Å². The molecule has 0 spiro atoms. The summed E-state index contributed by atoms with van der Waals surface area (Å²) in [5, 5.41) is 2.96. The van der Waals surface area contributed by atoms with Gasteiger partial charge in [-0.25, -0.2) is 9.37 Å². The molecule has 100 valence electrons. The fraction of sp³-hybridized carbons (Fsp3) is 0. The van der Waals surface area contributed by atoms with Crippen LogP contribution >= 0.6 is 38.9 Å². The van der Waals surface area contributed by atoms with Crippen molar-refractivity contribution in [3.63, 3.8) is 0 Å². The molecular weight excluding hydrogens is 361 g/mol. The second kappa shape index (κ2) is 5.64. The van der Waals surface area contributed by atoms with Gasteiger partial charge in [0, 0.05) is 21.0 Å². The Kier molecular flexibility index (Phi) is 3.87. The molecule has 5 heteroatoms. The number of hydrogen-bond acceptors (Lipinski definition) is 2. The smallest absolute Gasteiger partial charge is 0.141 e. The van der Waals surface area contributed by atoms with Crippen molar-refractivity contribution in [2.45, 2.75) is 0 Å². The number of rotatable bonds is 2. The molecule has 3 rings (SSSR count). The normalized spacial score (nSPS) is 10.8. The summed E-state index contributed by atoms with van der Waals surface area (Å²) in [7, 11) is 0. The Bertz CT molecular complexity index is 772. The highest BCUT2D eigenvalue weighted by atomic mass is 79.9. The molecule has 3 aromatic rings. The molecule has 2 aromatic carbocycles. The highest BCUT2D eigenvalue weighted by Gasteiger charge is 2.10. The van der Waals surface area contributed by atoms with Crippen LogP contribution in [0, 0.1) is 5.82 Å². The summed E-state index contributed by atoms with van der Waals surface area (Å²) in [5.74, 6) is -0.420. The molecule has 1 aromatic heterocycles. The molecule has 0 radical (unpaired) electrons. The van der Waals surface area contributed by atoms with Gasteiger partial charge >= 0.3 is 0 Å².